The number of ether oxygens (including phenoxy) is 2. The number of sulfonamides is 1. The van der Waals surface area contributed by atoms with E-state index in [0.29, 0.717) is 52.5 Å². The molecule has 12 heteroatoms. The van der Waals surface area contributed by atoms with Gasteiger partial charge in [0.25, 0.3) is 10.0 Å². The third-order valence-corrected chi connectivity index (χ3v) is 7.06. The number of aromatic nitrogens is 4. The van der Waals surface area contributed by atoms with E-state index in [1.807, 2.05) is 12.1 Å². The molecular formula is C22H16N6O4S2. The quantitative estimate of drug-likeness (QED) is 0.375. The summed E-state index contributed by atoms with van der Waals surface area (Å²) in [6.45, 7) is 0.942. The minimum Gasteiger partial charge on any atom is -0.486 e. The van der Waals surface area contributed by atoms with Crippen LogP contribution >= 0.6 is 11.7 Å². The van der Waals surface area contributed by atoms with Crippen LogP contribution in [-0.2, 0) is 10.0 Å². The normalized spacial score (nSPS) is 13.2. The van der Waals surface area contributed by atoms with Crippen LogP contribution in [0.15, 0.2) is 65.6 Å². The number of benzene rings is 3. The summed E-state index contributed by atoms with van der Waals surface area (Å²) in [6, 6.07) is 17.4. The van der Waals surface area contributed by atoms with Crippen molar-refractivity contribution in [1.29, 1.82) is 0 Å². The molecule has 0 aliphatic carbocycles. The second-order valence-corrected chi connectivity index (χ2v) is 9.57. The molecule has 6 rings (SSSR count). The summed E-state index contributed by atoms with van der Waals surface area (Å²) in [7, 11) is -4.04. The number of hydrogen-bond acceptors (Lipinski definition) is 10. The summed E-state index contributed by atoms with van der Waals surface area (Å²) in [5, 5.41) is 3.16. The van der Waals surface area contributed by atoms with Gasteiger partial charge in [-0.15, -0.1) is 0 Å². The molecule has 2 N–H and O–H groups in total. The van der Waals surface area contributed by atoms with Crippen molar-refractivity contribution in [2.45, 2.75) is 4.90 Å². The van der Waals surface area contributed by atoms with Crippen LogP contribution in [0.25, 0.3) is 22.1 Å². The molecule has 0 amide bonds. The highest BCUT2D eigenvalue weighted by Gasteiger charge is 2.23. The average Bonchev–Trinajstić information content (AvgIpc) is 3.33. The molecule has 0 fully saturated rings. The number of anilines is 3. The van der Waals surface area contributed by atoms with E-state index in [-0.39, 0.29) is 16.5 Å². The second-order valence-electron chi connectivity index (χ2n) is 7.39. The Morgan fingerprint density at radius 1 is 0.794 bits per heavy atom. The molecule has 5 aromatic rings. The van der Waals surface area contributed by atoms with E-state index in [0.717, 1.165) is 11.7 Å². The Hall–Kier alpha value is -4.03. The molecule has 1 aliphatic heterocycles. The van der Waals surface area contributed by atoms with Crippen molar-refractivity contribution >= 4 is 61.1 Å². The zero-order valence-electron chi connectivity index (χ0n) is 17.4. The van der Waals surface area contributed by atoms with E-state index in [4.69, 9.17) is 9.47 Å². The molecule has 0 saturated heterocycles. The number of hydrogen-bond donors (Lipinski definition) is 2. The van der Waals surface area contributed by atoms with Crippen molar-refractivity contribution in [3.8, 4) is 11.5 Å². The van der Waals surface area contributed by atoms with E-state index >= 15 is 0 Å². The van der Waals surface area contributed by atoms with Crippen molar-refractivity contribution in [1.82, 2.24) is 18.7 Å². The minimum atomic E-state index is -4.04. The van der Waals surface area contributed by atoms with Gasteiger partial charge in [0, 0.05) is 11.8 Å². The van der Waals surface area contributed by atoms with E-state index < -0.39 is 10.0 Å². The van der Waals surface area contributed by atoms with Crippen molar-refractivity contribution in [3.63, 3.8) is 0 Å². The summed E-state index contributed by atoms with van der Waals surface area (Å²) in [5.41, 5.74) is 2.60. The highest BCUT2D eigenvalue weighted by atomic mass is 32.2. The van der Waals surface area contributed by atoms with Crippen molar-refractivity contribution in [2.24, 2.45) is 0 Å². The molecule has 0 radical (unpaired) electrons. The van der Waals surface area contributed by atoms with Gasteiger partial charge in [0.2, 0.25) is 0 Å². The van der Waals surface area contributed by atoms with Gasteiger partial charge in [0.1, 0.15) is 29.1 Å². The Balaban J connectivity index is 1.42. The Morgan fingerprint density at radius 2 is 1.53 bits per heavy atom. The summed E-state index contributed by atoms with van der Waals surface area (Å²) < 4.78 is 48.7. The fraction of sp³-hybridized carbons (Fsp3) is 0.0909. The highest BCUT2D eigenvalue weighted by Crippen LogP contribution is 2.35. The Labute approximate surface area is 198 Å². The lowest BCUT2D eigenvalue weighted by molar-refractivity contribution is 0.171. The molecule has 10 nitrogen and oxygen atoms in total. The number of rotatable bonds is 5. The predicted octanol–water partition coefficient (Wildman–Crippen LogP) is 3.95. The SMILES string of the molecule is O=S(=O)(Nc1nc2ccccc2nc1Nc1ccc2c(c1)OCCO2)c1cccc2nsnc12. The zero-order chi connectivity index (χ0) is 23.1. The first-order valence-electron chi connectivity index (χ1n) is 10.2. The monoisotopic (exact) mass is 492 g/mol. The van der Waals surface area contributed by atoms with Crippen molar-refractivity contribution < 1.29 is 17.9 Å². The smallest absolute Gasteiger partial charge is 0.265 e. The van der Waals surface area contributed by atoms with Gasteiger partial charge in [-0.05, 0) is 36.4 Å². The molecule has 3 aromatic carbocycles. The molecule has 3 heterocycles. The lowest BCUT2D eigenvalue weighted by atomic mass is 10.2. The largest absolute Gasteiger partial charge is 0.486 e. The van der Waals surface area contributed by atoms with Crippen LogP contribution in [0.2, 0.25) is 0 Å². The Bertz CT molecular complexity index is 1650. The summed E-state index contributed by atoms with van der Waals surface area (Å²) >= 11 is 0.953. The summed E-state index contributed by atoms with van der Waals surface area (Å²) in [6.07, 6.45) is 0. The van der Waals surface area contributed by atoms with Gasteiger partial charge in [-0.3, -0.25) is 4.72 Å². The third-order valence-electron chi connectivity index (χ3n) is 5.15. The van der Waals surface area contributed by atoms with E-state index in [9.17, 15) is 8.42 Å². The van der Waals surface area contributed by atoms with Gasteiger partial charge in [0.15, 0.2) is 23.1 Å². The fourth-order valence-electron chi connectivity index (χ4n) is 3.60. The molecule has 2 aromatic heterocycles. The molecule has 0 saturated carbocycles. The van der Waals surface area contributed by atoms with Gasteiger partial charge in [-0.25, -0.2) is 18.4 Å². The van der Waals surface area contributed by atoms with Gasteiger partial charge >= 0.3 is 0 Å². The van der Waals surface area contributed by atoms with Crippen molar-refractivity contribution in [3.05, 3.63) is 60.7 Å². The molecule has 0 unspecified atom stereocenters. The van der Waals surface area contributed by atoms with E-state index in [1.165, 1.54) is 6.07 Å². The van der Waals surface area contributed by atoms with Crippen LogP contribution in [0.3, 0.4) is 0 Å². The zero-order valence-corrected chi connectivity index (χ0v) is 19.1. The van der Waals surface area contributed by atoms with E-state index in [1.54, 1.807) is 42.5 Å². The van der Waals surface area contributed by atoms with Gasteiger partial charge in [-0.1, -0.05) is 18.2 Å². The average molecular weight is 493 g/mol. The van der Waals surface area contributed by atoms with Crippen LogP contribution in [-0.4, -0.2) is 40.3 Å². The molecule has 1 aliphatic rings. The number of nitrogens with zero attached hydrogens (tertiary/aromatic N) is 4. The first-order valence-corrected chi connectivity index (χ1v) is 12.5. The number of para-hydroxylation sites is 2. The van der Waals surface area contributed by atoms with E-state index in [2.05, 4.69) is 28.8 Å². The third kappa shape index (κ3) is 3.72. The maximum Gasteiger partial charge on any atom is 0.265 e. The molecule has 34 heavy (non-hydrogen) atoms. The van der Waals surface area contributed by atoms with Gasteiger partial charge in [-0.2, -0.15) is 8.75 Å². The van der Waals surface area contributed by atoms with Gasteiger partial charge < -0.3 is 14.8 Å². The fourth-order valence-corrected chi connectivity index (χ4v) is 5.37. The Kier molecular flexibility index (Phi) is 4.89. The first-order chi connectivity index (χ1) is 16.6. The summed E-state index contributed by atoms with van der Waals surface area (Å²) in [4.78, 5) is 9.16. The molecule has 0 bridgehead atoms. The topological polar surface area (TPSA) is 128 Å². The van der Waals surface area contributed by atoms with Crippen LogP contribution < -0.4 is 19.5 Å². The number of nitrogens with one attached hydrogen (secondary N) is 2. The van der Waals surface area contributed by atoms with Crippen LogP contribution in [0.4, 0.5) is 17.3 Å². The number of fused-ring (bicyclic) bond motifs is 3. The standard InChI is InChI=1S/C22H16N6O4S2/c29-34(30,19-7-3-6-16-20(19)27-33-26-16)28-22-21(24-14-4-1-2-5-15(14)25-22)23-13-8-9-17-18(12-13)32-11-10-31-17/h1-9,12H,10-11H2,(H,23,24)(H,25,28). The summed E-state index contributed by atoms with van der Waals surface area (Å²) in [5.74, 6) is 1.53. The molecule has 0 spiro atoms. The second kappa shape index (κ2) is 8.08. The van der Waals surface area contributed by atoms with Gasteiger partial charge in [0.05, 0.1) is 22.8 Å². The molecular weight excluding hydrogens is 476 g/mol. The lowest BCUT2D eigenvalue weighted by Crippen LogP contribution is -2.17. The Morgan fingerprint density at radius 3 is 2.35 bits per heavy atom. The molecule has 0 atom stereocenters. The maximum atomic E-state index is 13.3. The molecule has 170 valence electrons. The first kappa shape index (κ1) is 20.6. The van der Waals surface area contributed by atoms with Crippen LogP contribution in [0.1, 0.15) is 0 Å². The van der Waals surface area contributed by atoms with Crippen LogP contribution in [0.5, 0.6) is 11.5 Å². The minimum absolute atomic E-state index is 0.0130. The predicted molar refractivity (Wildman–Crippen MR) is 128 cm³/mol. The van der Waals surface area contributed by atoms with Crippen molar-refractivity contribution in [2.75, 3.05) is 23.3 Å². The van der Waals surface area contributed by atoms with Crippen LogP contribution in [0, 0.1) is 0 Å². The lowest BCUT2D eigenvalue weighted by Gasteiger charge is -2.19. The maximum absolute atomic E-state index is 13.3. The highest BCUT2D eigenvalue weighted by molar-refractivity contribution is 7.93.